The summed E-state index contributed by atoms with van der Waals surface area (Å²) in [4.78, 5) is 0. The molecular weight excluding hydrogens is 194 g/mol. The van der Waals surface area contributed by atoms with E-state index < -0.39 is 0 Å². The van der Waals surface area contributed by atoms with Gasteiger partial charge in [-0.1, -0.05) is 41.3 Å². The molecule has 0 fully saturated rings. The van der Waals surface area contributed by atoms with Gasteiger partial charge in [0.1, 0.15) is 37.2 Å². The average Bonchev–Trinajstić information content (AvgIpc) is 2.29. The highest BCUT2D eigenvalue weighted by molar-refractivity contribution is 6.57. The van der Waals surface area contributed by atoms with Crippen molar-refractivity contribution in [1.29, 1.82) is 0 Å². The number of benzene rings is 1. The van der Waals surface area contributed by atoms with Gasteiger partial charge in [-0.25, -0.2) is 4.39 Å². The number of rotatable bonds is 3. The molecule has 0 atom stereocenters. The van der Waals surface area contributed by atoms with Gasteiger partial charge in [0.25, 0.3) is 0 Å². The summed E-state index contributed by atoms with van der Waals surface area (Å²) in [6.07, 6.45) is 2.26. The van der Waals surface area contributed by atoms with Gasteiger partial charge in [0, 0.05) is 0 Å². The molecule has 0 heterocycles. The first kappa shape index (κ1) is 13.5. The van der Waals surface area contributed by atoms with Crippen LogP contribution >= 0.6 is 0 Å². The van der Waals surface area contributed by atoms with E-state index in [1.54, 1.807) is 0 Å². The minimum absolute atomic E-state index is 0.0234. The van der Waals surface area contributed by atoms with Crippen molar-refractivity contribution in [2.75, 3.05) is 0 Å². The van der Waals surface area contributed by atoms with Gasteiger partial charge in [-0.2, -0.15) is 0 Å². The molecule has 82 valence electrons. The lowest BCUT2D eigenvalue weighted by Gasteiger charge is -2.23. The largest absolute Gasteiger partial charge is 0.208 e. The van der Waals surface area contributed by atoms with Gasteiger partial charge in [-0.3, -0.25) is 0 Å². The first-order valence-electron chi connectivity index (χ1n) is 6.21. The van der Waals surface area contributed by atoms with Gasteiger partial charge in [-0.05, 0) is 18.8 Å². The molecule has 0 aliphatic heterocycles. The minimum atomic E-state index is -0.0234. The van der Waals surface area contributed by atoms with Crippen molar-refractivity contribution in [3.63, 3.8) is 0 Å². The summed E-state index contributed by atoms with van der Waals surface area (Å²) < 4.78 is 13.9. The molecule has 0 spiro atoms. The zero-order chi connectivity index (χ0) is 12.5. The van der Waals surface area contributed by atoms with Crippen LogP contribution in [0.1, 0.15) is 38.2 Å². The maximum atomic E-state index is 13.9. The summed E-state index contributed by atoms with van der Waals surface area (Å²) in [5.41, 5.74) is 5.32. The second-order valence-electron chi connectivity index (χ2n) is 4.74. The number of halogens is 1. The molecule has 1 rings (SSSR count). The summed E-state index contributed by atoms with van der Waals surface area (Å²) in [5.74, 6) is 0.544. The third-order valence-corrected chi connectivity index (χ3v) is 3.99. The van der Waals surface area contributed by atoms with Gasteiger partial charge < -0.3 is 0 Å². The van der Waals surface area contributed by atoms with Crippen LogP contribution in [0.4, 0.5) is 4.39 Å². The lowest BCUT2D eigenvalue weighted by Crippen LogP contribution is -2.48. The van der Waals surface area contributed by atoms with Crippen LogP contribution in [0.5, 0.6) is 0 Å². The van der Waals surface area contributed by atoms with E-state index in [0.717, 1.165) is 34.7 Å². The van der Waals surface area contributed by atoms with Gasteiger partial charge in [-0.15, -0.1) is 0 Å². The molecule has 0 N–H and O–H groups in total. The molecule has 0 aromatic heterocycles. The predicted molar refractivity (Wildman–Crippen MR) is 82.4 cm³/mol. The Kier molecular flexibility index (Phi) is 4.35. The third-order valence-electron chi connectivity index (χ3n) is 3.99. The maximum Gasteiger partial charge on any atom is 0.142 e. The van der Waals surface area contributed by atoms with E-state index in [9.17, 15) is 4.39 Å². The zero-order valence-corrected chi connectivity index (χ0v) is 11.4. The van der Waals surface area contributed by atoms with Crippen molar-refractivity contribution in [1.82, 2.24) is 0 Å². The average molecular weight is 214 g/mol. The molecule has 0 aliphatic rings. The summed E-state index contributed by atoms with van der Waals surface area (Å²) in [7, 11) is 7.89. The van der Waals surface area contributed by atoms with Crippen LogP contribution in [0.2, 0.25) is 0 Å². The lowest BCUT2D eigenvalue weighted by atomic mass is 9.64. The van der Waals surface area contributed by atoms with Crippen molar-refractivity contribution < 1.29 is 4.39 Å². The van der Waals surface area contributed by atoms with Crippen molar-refractivity contribution in [2.24, 2.45) is 0 Å². The smallest absolute Gasteiger partial charge is 0.142 e. The first-order chi connectivity index (χ1) is 7.45. The fourth-order valence-corrected chi connectivity index (χ4v) is 2.61. The minimum Gasteiger partial charge on any atom is -0.208 e. The highest BCUT2D eigenvalue weighted by Gasteiger charge is 2.18. The van der Waals surface area contributed by atoms with Crippen LogP contribution in [0, 0.1) is 5.82 Å². The maximum absolute atomic E-state index is 13.9. The number of hydrogen-bond acceptors (Lipinski definition) is 0. The molecule has 0 amide bonds. The Balaban J connectivity index is 3.50. The van der Waals surface area contributed by atoms with E-state index in [-0.39, 0.29) is 5.82 Å². The van der Waals surface area contributed by atoms with Crippen LogP contribution in [-0.2, 0) is 0 Å². The summed E-state index contributed by atoms with van der Waals surface area (Å²) in [6.45, 7) is 4.42. The summed E-state index contributed by atoms with van der Waals surface area (Å²) in [5, 5.41) is 0. The zero-order valence-electron chi connectivity index (χ0n) is 11.4. The Labute approximate surface area is 102 Å². The van der Waals surface area contributed by atoms with E-state index in [1.807, 2.05) is 15.7 Å². The summed E-state index contributed by atoms with van der Waals surface area (Å²) >= 11 is 0. The van der Waals surface area contributed by atoms with Gasteiger partial charge in [0.2, 0.25) is 0 Å². The fraction of sp³-hybridized carbons (Fsp3) is 0.455. The van der Waals surface area contributed by atoms with E-state index in [4.69, 9.17) is 0 Å². The normalized spacial score (nSPS) is 11.0. The van der Waals surface area contributed by atoms with Crippen molar-refractivity contribution in [3.8, 4) is 0 Å². The third kappa shape index (κ3) is 2.09. The van der Waals surface area contributed by atoms with Crippen LogP contribution < -0.4 is 21.9 Å². The molecule has 1 aromatic carbocycles. The predicted octanol–water partition coefficient (Wildman–Crippen LogP) is -3.24. The van der Waals surface area contributed by atoms with Crippen molar-refractivity contribution in [2.45, 2.75) is 32.6 Å². The molecule has 0 aliphatic carbocycles. The molecule has 5 heteroatoms. The quantitative estimate of drug-likeness (QED) is 0.463. The van der Waals surface area contributed by atoms with E-state index >= 15 is 0 Å². The molecule has 0 saturated heterocycles. The molecule has 16 heavy (non-hydrogen) atoms. The molecule has 0 radical (unpaired) electrons. The van der Waals surface area contributed by atoms with Gasteiger partial charge in [0.15, 0.2) is 0 Å². The van der Waals surface area contributed by atoms with Crippen LogP contribution in [0.15, 0.2) is 0 Å². The standard InChI is InChI=1S/C11H19B4F/c1-3-5(4-2)6-7(12)9(14)11(16)10(15)8(6)13/h5H,3-4,12-15H2,1-2H3. The van der Waals surface area contributed by atoms with E-state index in [1.165, 1.54) is 5.56 Å². The molecule has 0 bridgehead atoms. The topological polar surface area (TPSA) is 0 Å². The van der Waals surface area contributed by atoms with Gasteiger partial charge >= 0.3 is 0 Å². The monoisotopic (exact) mass is 214 g/mol. The number of hydrogen-bond donors (Lipinski definition) is 0. The van der Waals surface area contributed by atoms with E-state index in [2.05, 4.69) is 29.5 Å². The second-order valence-corrected chi connectivity index (χ2v) is 4.74. The molecule has 0 unspecified atom stereocenters. The molecule has 0 saturated carbocycles. The fourth-order valence-electron chi connectivity index (χ4n) is 2.61. The Morgan fingerprint density at radius 1 is 0.875 bits per heavy atom. The second kappa shape index (κ2) is 5.16. The Morgan fingerprint density at radius 3 is 1.56 bits per heavy atom. The molecule has 0 nitrogen and oxygen atoms in total. The molecular formula is C11H19B4F. The summed E-state index contributed by atoms with van der Waals surface area (Å²) in [6, 6.07) is 0. The highest BCUT2D eigenvalue weighted by atomic mass is 19.1. The Morgan fingerprint density at radius 2 is 1.25 bits per heavy atom. The Bertz CT molecular complexity index is 370. The highest BCUT2D eigenvalue weighted by Crippen LogP contribution is 2.18. The molecule has 1 aromatic rings. The van der Waals surface area contributed by atoms with Crippen molar-refractivity contribution in [3.05, 3.63) is 11.4 Å². The van der Waals surface area contributed by atoms with Crippen molar-refractivity contribution >= 4 is 53.2 Å². The van der Waals surface area contributed by atoms with Crippen LogP contribution in [0.3, 0.4) is 0 Å². The van der Waals surface area contributed by atoms with E-state index in [0.29, 0.717) is 5.92 Å². The van der Waals surface area contributed by atoms with Crippen LogP contribution in [-0.4, -0.2) is 31.4 Å². The van der Waals surface area contributed by atoms with Crippen LogP contribution in [0.25, 0.3) is 0 Å². The Hall–Kier alpha value is -0.590. The van der Waals surface area contributed by atoms with Gasteiger partial charge in [0.05, 0.1) is 0 Å². The lowest BCUT2D eigenvalue weighted by molar-refractivity contribution is 0.635. The first-order valence-corrected chi connectivity index (χ1v) is 6.21. The SMILES string of the molecule is Bc1c(B)c(C(CC)CC)c(B)c(B)c1F.